The number of anilines is 1. The van der Waals surface area contributed by atoms with Crippen molar-refractivity contribution in [1.82, 2.24) is 9.21 Å². The Bertz CT molecular complexity index is 1220. The standard InChI is InChI=1S/C25H33N3O6S2.ClH/c1-5-27-12-11-20-21(15-27)35-24(22(20)25(30)33-6-2)26-23(29)18-7-9-19(10-8-18)36(31,32)28-13-16(3)34-17(4)14-28;/h7-10,16-17H,5-6,11-15H2,1-4H3,(H,26,29);1H. The number of carbonyl (C=O) groups excluding carboxylic acids is 2. The first kappa shape index (κ1) is 29.5. The quantitative estimate of drug-likeness (QED) is 0.504. The molecule has 1 N–H and O–H groups in total. The molecule has 2 aromatic rings. The smallest absolute Gasteiger partial charge is 0.341 e. The van der Waals surface area contributed by atoms with Gasteiger partial charge in [-0.1, -0.05) is 6.92 Å². The number of halogens is 1. The summed E-state index contributed by atoms with van der Waals surface area (Å²) in [5, 5.41) is 3.34. The van der Waals surface area contributed by atoms with Crippen molar-refractivity contribution in [3.8, 4) is 0 Å². The van der Waals surface area contributed by atoms with Gasteiger partial charge in [-0.3, -0.25) is 9.69 Å². The molecule has 0 saturated carbocycles. The van der Waals surface area contributed by atoms with E-state index in [1.807, 2.05) is 13.8 Å². The van der Waals surface area contributed by atoms with Crippen molar-refractivity contribution >= 4 is 50.6 Å². The van der Waals surface area contributed by atoms with Gasteiger partial charge in [0.25, 0.3) is 5.91 Å². The highest BCUT2D eigenvalue weighted by atomic mass is 35.5. The van der Waals surface area contributed by atoms with Crippen LogP contribution in [0.25, 0.3) is 0 Å². The van der Waals surface area contributed by atoms with Crippen LogP contribution in [0, 0.1) is 0 Å². The van der Waals surface area contributed by atoms with E-state index in [1.54, 1.807) is 6.92 Å². The number of carbonyl (C=O) groups is 2. The van der Waals surface area contributed by atoms with Crippen LogP contribution in [0.5, 0.6) is 0 Å². The monoisotopic (exact) mass is 571 g/mol. The Morgan fingerprint density at radius 1 is 1.14 bits per heavy atom. The number of rotatable bonds is 7. The molecule has 1 amide bonds. The maximum absolute atomic E-state index is 13.1. The van der Waals surface area contributed by atoms with Crippen LogP contribution in [0.1, 0.15) is 58.9 Å². The number of ether oxygens (including phenoxy) is 2. The number of nitrogens with one attached hydrogen (secondary N) is 1. The zero-order valence-corrected chi connectivity index (χ0v) is 23.9. The van der Waals surface area contributed by atoms with E-state index in [-0.39, 0.29) is 49.2 Å². The Balaban J connectivity index is 0.00000380. The van der Waals surface area contributed by atoms with Crippen molar-refractivity contribution in [3.05, 3.63) is 45.8 Å². The molecule has 2 unspecified atom stereocenters. The number of fused-ring (bicyclic) bond motifs is 1. The molecule has 2 aliphatic heterocycles. The molecule has 1 fully saturated rings. The van der Waals surface area contributed by atoms with Crippen LogP contribution in [-0.4, -0.2) is 74.5 Å². The van der Waals surface area contributed by atoms with Crippen LogP contribution in [-0.2, 0) is 32.5 Å². The minimum Gasteiger partial charge on any atom is -0.462 e. The summed E-state index contributed by atoms with van der Waals surface area (Å²) in [6.07, 6.45) is 0.334. The van der Waals surface area contributed by atoms with E-state index in [9.17, 15) is 18.0 Å². The van der Waals surface area contributed by atoms with E-state index in [2.05, 4.69) is 17.1 Å². The number of esters is 1. The summed E-state index contributed by atoms with van der Waals surface area (Å²) in [6, 6.07) is 5.87. The molecule has 12 heteroatoms. The largest absolute Gasteiger partial charge is 0.462 e. The van der Waals surface area contributed by atoms with E-state index in [0.717, 1.165) is 36.5 Å². The topological polar surface area (TPSA) is 105 Å². The second-order valence-electron chi connectivity index (χ2n) is 9.10. The molecular formula is C25H34ClN3O6S2. The third kappa shape index (κ3) is 6.35. The molecule has 0 spiro atoms. The van der Waals surface area contributed by atoms with Crippen molar-refractivity contribution in [3.63, 3.8) is 0 Å². The van der Waals surface area contributed by atoms with Gasteiger partial charge in [-0.15, -0.1) is 23.7 Å². The number of benzene rings is 1. The number of nitrogens with zero attached hydrogens (tertiary/aromatic N) is 2. The molecule has 0 aliphatic carbocycles. The zero-order valence-electron chi connectivity index (χ0n) is 21.5. The lowest BCUT2D eigenvalue weighted by molar-refractivity contribution is -0.0440. The number of likely N-dealkylation sites (N-methyl/N-ethyl adjacent to an activating group) is 1. The van der Waals surface area contributed by atoms with Crippen molar-refractivity contribution < 1.29 is 27.5 Å². The average molecular weight is 572 g/mol. The first-order valence-electron chi connectivity index (χ1n) is 12.2. The molecule has 1 aromatic heterocycles. The fourth-order valence-corrected chi connectivity index (χ4v) is 7.53. The summed E-state index contributed by atoms with van der Waals surface area (Å²) < 4.78 is 38.6. The van der Waals surface area contributed by atoms with Gasteiger partial charge >= 0.3 is 5.97 Å². The van der Waals surface area contributed by atoms with E-state index in [1.165, 1.54) is 39.9 Å². The van der Waals surface area contributed by atoms with Gasteiger partial charge in [0.05, 0.1) is 29.3 Å². The van der Waals surface area contributed by atoms with E-state index < -0.39 is 21.9 Å². The Morgan fingerprint density at radius 3 is 2.38 bits per heavy atom. The van der Waals surface area contributed by atoms with Crippen molar-refractivity contribution in [1.29, 1.82) is 0 Å². The Kier molecular flexibility index (Phi) is 9.76. The fourth-order valence-electron chi connectivity index (χ4n) is 4.66. The normalized spacial score (nSPS) is 20.5. The second-order valence-corrected chi connectivity index (χ2v) is 12.1. The van der Waals surface area contributed by atoms with Gasteiger partial charge in [-0.05, 0) is 63.6 Å². The first-order valence-corrected chi connectivity index (χ1v) is 14.5. The summed E-state index contributed by atoms with van der Waals surface area (Å²) in [4.78, 5) is 29.3. The molecule has 2 aliphatic rings. The van der Waals surface area contributed by atoms with E-state index >= 15 is 0 Å². The van der Waals surface area contributed by atoms with Crippen LogP contribution in [0.3, 0.4) is 0 Å². The maximum atomic E-state index is 13.1. The Morgan fingerprint density at radius 2 is 1.78 bits per heavy atom. The highest BCUT2D eigenvalue weighted by Crippen LogP contribution is 2.38. The molecule has 3 heterocycles. The van der Waals surface area contributed by atoms with Gasteiger partial charge in [0.1, 0.15) is 5.00 Å². The molecule has 1 saturated heterocycles. The molecule has 9 nitrogen and oxygen atoms in total. The molecule has 0 radical (unpaired) electrons. The SMILES string of the molecule is CCOC(=O)c1c(NC(=O)c2ccc(S(=O)(=O)N3CC(C)OC(C)C3)cc2)sc2c1CCN(CC)C2.Cl. The molecule has 2 atom stereocenters. The summed E-state index contributed by atoms with van der Waals surface area (Å²) in [5.41, 5.74) is 1.67. The summed E-state index contributed by atoms with van der Waals surface area (Å²) in [5.74, 6) is -0.852. The molecule has 0 bridgehead atoms. The number of thiophene rings is 1. The zero-order chi connectivity index (χ0) is 26.0. The van der Waals surface area contributed by atoms with E-state index in [0.29, 0.717) is 16.1 Å². The van der Waals surface area contributed by atoms with Crippen molar-refractivity contribution in [2.24, 2.45) is 0 Å². The van der Waals surface area contributed by atoms with Gasteiger partial charge in [0.2, 0.25) is 10.0 Å². The van der Waals surface area contributed by atoms with Gasteiger partial charge < -0.3 is 14.8 Å². The maximum Gasteiger partial charge on any atom is 0.341 e. The number of hydrogen-bond acceptors (Lipinski definition) is 8. The van der Waals surface area contributed by atoms with Crippen LogP contribution >= 0.6 is 23.7 Å². The fraction of sp³-hybridized carbons (Fsp3) is 0.520. The minimum absolute atomic E-state index is 0. The van der Waals surface area contributed by atoms with Gasteiger partial charge in [-0.25, -0.2) is 13.2 Å². The summed E-state index contributed by atoms with van der Waals surface area (Å²) >= 11 is 1.40. The third-order valence-electron chi connectivity index (χ3n) is 6.43. The predicted molar refractivity (Wildman–Crippen MR) is 145 cm³/mol. The second kappa shape index (κ2) is 12.2. The number of amides is 1. The van der Waals surface area contributed by atoms with Crippen molar-refractivity contribution in [2.75, 3.05) is 38.1 Å². The predicted octanol–water partition coefficient (Wildman–Crippen LogP) is 3.77. The van der Waals surface area contributed by atoms with Gasteiger partial charge in [0.15, 0.2) is 0 Å². The number of morpholine rings is 1. The van der Waals surface area contributed by atoms with E-state index in [4.69, 9.17) is 9.47 Å². The lowest BCUT2D eigenvalue weighted by Gasteiger charge is -2.34. The molecule has 4 rings (SSSR count). The molecule has 204 valence electrons. The molecule has 37 heavy (non-hydrogen) atoms. The van der Waals surface area contributed by atoms with Crippen molar-refractivity contribution in [2.45, 2.75) is 57.8 Å². The average Bonchev–Trinajstić information content (AvgIpc) is 3.20. The Labute approximate surface area is 228 Å². The Hall–Kier alpha value is -2.02. The van der Waals surface area contributed by atoms with Crippen LogP contribution in [0.4, 0.5) is 5.00 Å². The minimum atomic E-state index is -3.71. The number of sulfonamides is 1. The summed E-state index contributed by atoms with van der Waals surface area (Å²) in [6.45, 7) is 10.8. The first-order chi connectivity index (χ1) is 17.1. The number of hydrogen-bond donors (Lipinski definition) is 1. The molecular weight excluding hydrogens is 538 g/mol. The highest BCUT2D eigenvalue weighted by Gasteiger charge is 2.33. The third-order valence-corrected chi connectivity index (χ3v) is 9.41. The summed E-state index contributed by atoms with van der Waals surface area (Å²) in [7, 11) is -3.71. The highest BCUT2D eigenvalue weighted by molar-refractivity contribution is 7.89. The van der Waals surface area contributed by atoms with Gasteiger partial charge in [0, 0.05) is 36.6 Å². The van der Waals surface area contributed by atoms with Gasteiger partial charge in [-0.2, -0.15) is 4.31 Å². The molecule has 1 aromatic carbocycles. The lowest BCUT2D eigenvalue weighted by Crippen LogP contribution is -2.48. The lowest BCUT2D eigenvalue weighted by atomic mass is 10.0. The van der Waals surface area contributed by atoms with Crippen LogP contribution in [0.15, 0.2) is 29.2 Å². The van der Waals surface area contributed by atoms with Crippen LogP contribution < -0.4 is 5.32 Å². The van der Waals surface area contributed by atoms with Crippen LogP contribution in [0.2, 0.25) is 0 Å².